The van der Waals surface area contributed by atoms with Crippen LogP contribution in [0.5, 0.6) is 5.75 Å². The molecule has 5 rings (SSSR count). The van der Waals surface area contributed by atoms with Crippen LogP contribution < -0.4 is 10.1 Å². The lowest BCUT2D eigenvalue weighted by molar-refractivity contribution is -0.302. The van der Waals surface area contributed by atoms with Crippen LogP contribution >= 0.6 is 0 Å². The molecule has 3 fully saturated rings. The van der Waals surface area contributed by atoms with E-state index < -0.39 is 77.8 Å². The van der Waals surface area contributed by atoms with Gasteiger partial charge in [0.05, 0.1) is 37.6 Å². The minimum absolute atomic E-state index is 0.0150. The molecule has 68 heavy (non-hydrogen) atoms. The lowest BCUT2D eigenvalue weighted by Gasteiger charge is -2.47. The predicted molar refractivity (Wildman–Crippen MR) is 253 cm³/mol. The van der Waals surface area contributed by atoms with Gasteiger partial charge in [0, 0.05) is 57.7 Å². The summed E-state index contributed by atoms with van der Waals surface area (Å²) in [6.07, 6.45) is 3.61. The molecule has 0 spiro atoms. The fourth-order valence-electron chi connectivity index (χ4n) is 10.6. The van der Waals surface area contributed by atoms with Crippen LogP contribution in [0, 0.1) is 29.6 Å². The molecule has 4 aliphatic rings. The van der Waals surface area contributed by atoms with E-state index in [1.165, 1.54) is 19.1 Å². The zero-order chi connectivity index (χ0) is 49.9. The molecule has 2 amide bonds. The summed E-state index contributed by atoms with van der Waals surface area (Å²) in [5.74, 6) is -7.42. The molecule has 2 saturated heterocycles. The maximum atomic E-state index is 14.5. The van der Waals surface area contributed by atoms with E-state index in [4.69, 9.17) is 33.2 Å². The summed E-state index contributed by atoms with van der Waals surface area (Å²) in [4.78, 5) is 71.2. The van der Waals surface area contributed by atoms with Crippen molar-refractivity contribution in [3.8, 4) is 5.75 Å². The van der Waals surface area contributed by atoms with E-state index in [0.717, 1.165) is 5.57 Å². The average molecular weight is 955 g/mol. The molecular formula is C52H78N2O14. The number of aliphatic hydroxyl groups excluding tert-OH is 1. The number of methoxy groups -OCH3 is 4. The van der Waals surface area contributed by atoms with Crippen LogP contribution in [0.25, 0.3) is 0 Å². The van der Waals surface area contributed by atoms with E-state index in [9.17, 15) is 34.2 Å². The number of allylic oxidation sites excluding steroid dienone is 3. The Morgan fingerprint density at radius 3 is 2.22 bits per heavy atom. The number of rotatable bonds is 11. The number of nitrogens with one attached hydrogen (secondary N) is 1. The summed E-state index contributed by atoms with van der Waals surface area (Å²) in [5.41, 5.74) is 2.23. The molecule has 1 aromatic carbocycles. The lowest BCUT2D eigenvalue weighted by atomic mass is 9.81. The van der Waals surface area contributed by atoms with Crippen molar-refractivity contribution in [3.05, 3.63) is 47.6 Å². The van der Waals surface area contributed by atoms with Crippen LogP contribution in [0.3, 0.4) is 0 Å². The van der Waals surface area contributed by atoms with Gasteiger partial charge in [-0.2, -0.15) is 0 Å². The monoisotopic (exact) mass is 955 g/mol. The number of ketones is 2. The fourth-order valence-corrected chi connectivity index (χ4v) is 10.6. The number of ether oxygens (including phenoxy) is 7. The van der Waals surface area contributed by atoms with Crippen molar-refractivity contribution in [3.63, 3.8) is 0 Å². The minimum atomic E-state index is -2.53. The maximum absolute atomic E-state index is 14.5. The van der Waals surface area contributed by atoms with E-state index in [-0.39, 0.29) is 68.1 Å². The molecule has 16 heteroatoms. The second kappa shape index (κ2) is 25.2. The van der Waals surface area contributed by atoms with Crippen molar-refractivity contribution in [2.75, 3.05) is 46.9 Å². The normalized spacial score (nSPS) is 36.1. The first-order chi connectivity index (χ1) is 32.4. The molecule has 2 bridgehead atoms. The number of hydrogen-bond donors (Lipinski definition) is 3. The van der Waals surface area contributed by atoms with Gasteiger partial charge in [-0.15, -0.1) is 0 Å². The molecule has 16 nitrogen and oxygen atoms in total. The number of piperidine rings is 1. The molecule has 3 heterocycles. The van der Waals surface area contributed by atoms with Gasteiger partial charge in [0.25, 0.3) is 11.7 Å². The van der Waals surface area contributed by atoms with Crippen LogP contribution in [0.1, 0.15) is 112 Å². The lowest BCUT2D eigenvalue weighted by Crippen LogP contribution is -2.64. The van der Waals surface area contributed by atoms with Gasteiger partial charge in [0.15, 0.2) is 0 Å². The second-order valence-electron chi connectivity index (χ2n) is 19.7. The van der Waals surface area contributed by atoms with Crippen LogP contribution in [-0.2, 0) is 52.4 Å². The largest absolute Gasteiger partial charge is 0.497 e. The Labute approximate surface area is 402 Å². The third-order valence-corrected chi connectivity index (χ3v) is 14.7. The number of aliphatic hydroxyl groups is 2. The van der Waals surface area contributed by atoms with Crippen LogP contribution in [0.4, 0.5) is 5.69 Å². The highest BCUT2D eigenvalue weighted by Crippen LogP contribution is 2.39. The summed E-state index contributed by atoms with van der Waals surface area (Å²) in [6.45, 7) is 11.0. The van der Waals surface area contributed by atoms with E-state index in [0.29, 0.717) is 68.4 Å². The number of esters is 1. The number of cyclic esters (lactones) is 1. The highest BCUT2D eigenvalue weighted by molar-refractivity contribution is 6.39. The number of carbonyl (C=O) groups excluding carboxylic acids is 5. The Morgan fingerprint density at radius 1 is 0.897 bits per heavy atom. The fraction of sp³-hybridized carbons (Fsp3) is 0.712. The van der Waals surface area contributed by atoms with E-state index in [1.54, 1.807) is 52.3 Å². The van der Waals surface area contributed by atoms with E-state index in [2.05, 4.69) is 5.32 Å². The van der Waals surface area contributed by atoms with Gasteiger partial charge in [-0.05, 0) is 120 Å². The molecule has 1 aliphatic carbocycles. The molecule has 1 unspecified atom stereocenters. The zero-order valence-electron chi connectivity index (χ0n) is 41.9. The molecule has 3 N–H and O–H groups in total. The van der Waals surface area contributed by atoms with Crippen molar-refractivity contribution in [1.82, 2.24) is 4.90 Å². The van der Waals surface area contributed by atoms with Crippen molar-refractivity contribution < 1.29 is 67.3 Å². The van der Waals surface area contributed by atoms with E-state index in [1.807, 2.05) is 39.8 Å². The summed E-state index contributed by atoms with van der Waals surface area (Å²) >= 11 is 0. The topological polar surface area (TPSA) is 206 Å². The third-order valence-electron chi connectivity index (χ3n) is 14.7. The molecular weight excluding hydrogens is 877 g/mol. The maximum Gasteiger partial charge on any atom is 0.329 e. The average Bonchev–Trinajstić information content (AvgIpc) is 3.33. The number of hydrogen-bond acceptors (Lipinski definition) is 14. The Hall–Kier alpha value is -4.03. The Kier molecular flexibility index (Phi) is 20.3. The standard InChI is InChI=1S/C52H78N2O14/c1-11-36-23-30(2)22-31(3)24-44(64-9)48-45(65-10)26-33(5)52(61,68-48)49(58)50(59)54-21-13-12-14-39(54)51(60)67-47(34(6)40(55)28-41(36)56)32(4)25-35-15-20-42(43(27-35)63-8)66-29-46(57)53-37-16-18-38(62-7)19-17-37/h16-19,23,25,31,33-36,39-40,42-45,47-48,55,61H,11-15,20-22,24,26-29H2,1-10H3,(H,53,57)/b30-23+,32-25+/t31-,33+,34+,35?,36+,39-,40-,42+,43+,44-,45-,47+,48+,52+/m0/s1. The van der Waals surface area contributed by atoms with Crippen molar-refractivity contribution >= 4 is 35.0 Å². The van der Waals surface area contributed by atoms with Gasteiger partial charge in [-0.25, -0.2) is 4.79 Å². The van der Waals surface area contributed by atoms with Gasteiger partial charge in [0.1, 0.15) is 36.4 Å². The second-order valence-corrected chi connectivity index (χ2v) is 19.7. The first kappa shape index (κ1) is 54.9. The zero-order valence-corrected chi connectivity index (χ0v) is 41.9. The van der Waals surface area contributed by atoms with Gasteiger partial charge in [-0.3, -0.25) is 19.2 Å². The molecule has 1 saturated carbocycles. The molecule has 1 aromatic rings. The molecule has 14 atom stereocenters. The Bertz CT molecular complexity index is 1940. The Morgan fingerprint density at radius 2 is 1.57 bits per heavy atom. The summed E-state index contributed by atoms with van der Waals surface area (Å²) in [5, 5.41) is 26.8. The molecule has 0 aromatic heterocycles. The number of Topliss-reactive ketones (excluding diaryl/α,β-unsaturated/α-hetero) is 2. The first-order valence-corrected chi connectivity index (χ1v) is 24.5. The number of fused-ring (bicyclic) bond motifs is 3. The number of amides is 2. The van der Waals surface area contributed by atoms with Gasteiger partial charge >= 0.3 is 5.97 Å². The number of carbonyl (C=O) groups is 5. The molecule has 3 aliphatic heterocycles. The van der Waals surface area contributed by atoms with Gasteiger partial charge in [0.2, 0.25) is 11.7 Å². The highest BCUT2D eigenvalue weighted by atomic mass is 16.7. The van der Waals surface area contributed by atoms with Gasteiger partial charge in [-0.1, -0.05) is 45.4 Å². The van der Waals surface area contributed by atoms with Crippen LogP contribution in [0.2, 0.25) is 0 Å². The highest BCUT2D eigenvalue weighted by Gasteiger charge is 2.56. The molecule has 0 radical (unpaired) electrons. The quantitative estimate of drug-likeness (QED) is 0.129. The molecule has 380 valence electrons. The smallest absolute Gasteiger partial charge is 0.329 e. The SMILES string of the molecule is CC[C@@H]1/C=C(\C)C[C@H](C)C[C@H](OC)[C@H]2O[C@@](O)(C(=O)C(=O)N3CCCC[C@H]3C(=O)O[C@H](/C(C)=C/C3CC[C@@H](OCC(=O)Nc4ccc(OC)cc4)[C@H](OC)C3)[C@H](C)[C@@H](O)CC1=O)[C@H](C)C[C@@H]2OC. The number of benzene rings is 1. The first-order valence-electron chi connectivity index (χ1n) is 24.5. The van der Waals surface area contributed by atoms with E-state index >= 15 is 0 Å². The summed E-state index contributed by atoms with van der Waals surface area (Å²) < 4.78 is 41.6. The van der Waals surface area contributed by atoms with Crippen LogP contribution in [-0.4, -0.2) is 141 Å². The van der Waals surface area contributed by atoms with Crippen LogP contribution in [0.15, 0.2) is 47.6 Å². The third kappa shape index (κ3) is 13.6. The van der Waals surface area contributed by atoms with Crippen molar-refractivity contribution in [2.45, 2.75) is 167 Å². The minimum Gasteiger partial charge on any atom is -0.497 e. The van der Waals surface area contributed by atoms with Crippen molar-refractivity contribution in [1.29, 1.82) is 0 Å². The number of anilines is 1. The summed E-state index contributed by atoms with van der Waals surface area (Å²) in [6, 6.07) is 5.83. The van der Waals surface area contributed by atoms with Gasteiger partial charge < -0.3 is 53.6 Å². The predicted octanol–water partition coefficient (Wildman–Crippen LogP) is 6.14. The Balaban J connectivity index is 1.42. The number of nitrogens with zero attached hydrogens (tertiary/aromatic N) is 1. The summed E-state index contributed by atoms with van der Waals surface area (Å²) in [7, 11) is 6.22. The van der Waals surface area contributed by atoms with Crippen molar-refractivity contribution in [2.24, 2.45) is 29.6 Å².